The van der Waals surface area contributed by atoms with Gasteiger partial charge in [-0.25, -0.2) is 0 Å². The Balaban J connectivity index is 1.69. The fraction of sp³-hybridized carbons (Fsp3) is 0.217. The van der Waals surface area contributed by atoms with Gasteiger partial charge in [0.15, 0.2) is 0 Å². The summed E-state index contributed by atoms with van der Waals surface area (Å²) in [5.41, 5.74) is 8.48. The van der Waals surface area contributed by atoms with Gasteiger partial charge in [0, 0.05) is 12.2 Å². The molecule has 0 atom stereocenters. The molecule has 120 valence electrons. The SMILES string of the molecule is c1ccc(Cc2cc3c(c(Cc4ccccc4)c2)NCCC3)cc1. The molecule has 0 amide bonds. The van der Waals surface area contributed by atoms with Gasteiger partial charge < -0.3 is 5.32 Å². The van der Waals surface area contributed by atoms with Crippen molar-refractivity contribution in [3.05, 3.63) is 101 Å². The fourth-order valence-electron chi connectivity index (χ4n) is 3.65. The number of benzene rings is 3. The Hall–Kier alpha value is -2.54. The quantitative estimate of drug-likeness (QED) is 0.696. The summed E-state index contributed by atoms with van der Waals surface area (Å²) in [6, 6.07) is 26.4. The molecule has 1 nitrogen and oxygen atoms in total. The molecular formula is C23H23N. The summed E-state index contributed by atoms with van der Waals surface area (Å²) in [7, 11) is 0. The van der Waals surface area contributed by atoms with E-state index in [0.29, 0.717) is 0 Å². The van der Waals surface area contributed by atoms with Crippen molar-refractivity contribution in [1.29, 1.82) is 0 Å². The van der Waals surface area contributed by atoms with E-state index >= 15 is 0 Å². The van der Waals surface area contributed by atoms with E-state index in [4.69, 9.17) is 0 Å². The Morgan fingerprint density at radius 2 is 1.38 bits per heavy atom. The molecule has 0 fully saturated rings. The van der Waals surface area contributed by atoms with E-state index in [1.165, 1.54) is 46.3 Å². The van der Waals surface area contributed by atoms with Crippen LogP contribution in [0.25, 0.3) is 0 Å². The average Bonchev–Trinajstić information content (AvgIpc) is 2.63. The van der Waals surface area contributed by atoms with Crippen molar-refractivity contribution in [2.75, 3.05) is 11.9 Å². The van der Waals surface area contributed by atoms with Gasteiger partial charge in [-0.15, -0.1) is 0 Å². The van der Waals surface area contributed by atoms with E-state index in [9.17, 15) is 0 Å². The molecule has 3 aromatic rings. The third-order valence-electron chi connectivity index (χ3n) is 4.77. The highest BCUT2D eigenvalue weighted by atomic mass is 14.9. The highest BCUT2D eigenvalue weighted by Crippen LogP contribution is 2.30. The van der Waals surface area contributed by atoms with E-state index in [1.54, 1.807) is 0 Å². The maximum absolute atomic E-state index is 3.64. The number of hydrogen-bond donors (Lipinski definition) is 1. The van der Waals surface area contributed by atoms with E-state index in [2.05, 4.69) is 78.1 Å². The zero-order valence-electron chi connectivity index (χ0n) is 14.0. The van der Waals surface area contributed by atoms with Crippen LogP contribution in [0.5, 0.6) is 0 Å². The van der Waals surface area contributed by atoms with Crippen LogP contribution < -0.4 is 5.32 Å². The molecule has 0 saturated heterocycles. The van der Waals surface area contributed by atoms with Gasteiger partial charge in [-0.2, -0.15) is 0 Å². The maximum atomic E-state index is 3.64. The smallest absolute Gasteiger partial charge is 0.0408 e. The molecule has 0 aromatic heterocycles. The lowest BCUT2D eigenvalue weighted by Crippen LogP contribution is -2.14. The van der Waals surface area contributed by atoms with Crippen LogP contribution in [0, 0.1) is 0 Å². The van der Waals surface area contributed by atoms with Gasteiger partial charge in [0.05, 0.1) is 0 Å². The molecule has 1 N–H and O–H groups in total. The molecule has 0 radical (unpaired) electrons. The molecule has 1 aliphatic rings. The van der Waals surface area contributed by atoms with Gasteiger partial charge in [0.25, 0.3) is 0 Å². The van der Waals surface area contributed by atoms with Crippen LogP contribution in [0.15, 0.2) is 72.8 Å². The second kappa shape index (κ2) is 6.92. The molecule has 0 saturated carbocycles. The van der Waals surface area contributed by atoms with Gasteiger partial charge in [0.2, 0.25) is 0 Å². The summed E-state index contributed by atoms with van der Waals surface area (Å²) in [5, 5.41) is 3.64. The molecule has 0 aliphatic carbocycles. The molecule has 1 aliphatic heterocycles. The largest absolute Gasteiger partial charge is 0.385 e. The van der Waals surface area contributed by atoms with Crippen LogP contribution in [-0.4, -0.2) is 6.54 Å². The predicted octanol–water partition coefficient (Wildman–Crippen LogP) is 5.23. The standard InChI is InChI=1S/C23H23N/c1-3-8-18(9-4-1)14-20-16-21-12-7-13-24-23(21)22(17-20)15-19-10-5-2-6-11-19/h1-6,8-11,16-17,24H,7,12-15H2. The van der Waals surface area contributed by atoms with Gasteiger partial charge in [-0.05, 0) is 53.5 Å². The summed E-state index contributed by atoms with van der Waals surface area (Å²) < 4.78 is 0. The highest BCUT2D eigenvalue weighted by molar-refractivity contribution is 5.62. The number of nitrogens with one attached hydrogen (secondary N) is 1. The molecule has 0 bridgehead atoms. The maximum Gasteiger partial charge on any atom is 0.0408 e. The minimum atomic E-state index is 0.999. The van der Waals surface area contributed by atoms with Crippen LogP contribution in [0.1, 0.15) is 34.2 Å². The molecule has 0 spiro atoms. The van der Waals surface area contributed by atoms with Gasteiger partial charge in [0.1, 0.15) is 0 Å². The third kappa shape index (κ3) is 3.35. The van der Waals surface area contributed by atoms with Crippen LogP contribution in [-0.2, 0) is 19.3 Å². The van der Waals surface area contributed by atoms with Gasteiger partial charge in [-0.3, -0.25) is 0 Å². The van der Waals surface area contributed by atoms with E-state index in [1.807, 2.05) is 0 Å². The molecule has 1 heteroatoms. The average molecular weight is 313 g/mol. The summed E-state index contributed by atoms with van der Waals surface area (Å²) in [4.78, 5) is 0. The lowest BCUT2D eigenvalue weighted by atomic mass is 9.91. The molecule has 3 aromatic carbocycles. The monoisotopic (exact) mass is 313 g/mol. The summed E-state index contributed by atoms with van der Waals surface area (Å²) in [5.74, 6) is 0. The lowest BCUT2D eigenvalue weighted by Gasteiger charge is -2.23. The number of anilines is 1. The molecule has 4 rings (SSSR count). The highest BCUT2D eigenvalue weighted by Gasteiger charge is 2.15. The van der Waals surface area contributed by atoms with Crippen molar-refractivity contribution in [2.24, 2.45) is 0 Å². The molecule has 1 heterocycles. The second-order valence-electron chi connectivity index (χ2n) is 6.64. The first-order valence-electron chi connectivity index (χ1n) is 8.85. The zero-order valence-corrected chi connectivity index (χ0v) is 14.0. The summed E-state index contributed by atoms with van der Waals surface area (Å²) in [6.07, 6.45) is 4.42. The van der Waals surface area contributed by atoms with E-state index in [-0.39, 0.29) is 0 Å². The number of hydrogen-bond acceptors (Lipinski definition) is 1. The van der Waals surface area contributed by atoms with Gasteiger partial charge in [-0.1, -0.05) is 72.8 Å². The molecule has 24 heavy (non-hydrogen) atoms. The lowest BCUT2D eigenvalue weighted by molar-refractivity contribution is 0.823. The Morgan fingerprint density at radius 1 is 0.708 bits per heavy atom. The van der Waals surface area contributed by atoms with Crippen molar-refractivity contribution in [1.82, 2.24) is 0 Å². The number of fused-ring (bicyclic) bond motifs is 1. The van der Waals surface area contributed by atoms with Crippen molar-refractivity contribution in [3.63, 3.8) is 0 Å². The minimum Gasteiger partial charge on any atom is -0.385 e. The normalized spacial score (nSPS) is 13.2. The topological polar surface area (TPSA) is 12.0 Å². The molecule has 0 unspecified atom stereocenters. The van der Waals surface area contributed by atoms with Crippen LogP contribution in [0.4, 0.5) is 5.69 Å². The van der Waals surface area contributed by atoms with Crippen LogP contribution in [0.2, 0.25) is 0 Å². The number of rotatable bonds is 4. The van der Waals surface area contributed by atoms with E-state index in [0.717, 1.165) is 19.4 Å². The Morgan fingerprint density at radius 3 is 2.08 bits per heavy atom. The second-order valence-corrected chi connectivity index (χ2v) is 6.64. The Bertz CT molecular complexity index is 806. The van der Waals surface area contributed by atoms with Crippen LogP contribution >= 0.6 is 0 Å². The molecular weight excluding hydrogens is 290 g/mol. The summed E-state index contributed by atoms with van der Waals surface area (Å²) >= 11 is 0. The van der Waals surface area contributed by atoms with Crippen molar-refractivity contribution in [3.8, 4) is 0 Å². The zero-order chi connectivity index (χ0) is 16.2. The predicted molar refractivity (Wildman–Crippen MR) is 102 cm³/mol. The van der Waals surface area contributed by atoms with Gasteiger partial charge >= 0.3 is 0 Å². The van der Waals surface area contributed by atoms with Crippen molar-refractivity contribution in [2.45, 2.75) is 25.7 Å². The summed E-state index contributed by atoms with van der Waals surface area (Å²) in [6.45, 7) is 1.09. The first kappa shape index (κ1) is 15.0. The Kier molecular flexibility index (Phi) is 4.33. The third-order valence-corrected chi connectivity index (χ3v) is 4.77. The fourth-order valence-corrected chi connectivity index (χ4v) is 3.65. The first-order valence-corrected chi connectivity index (χ1v) is 8.85. The minimum absolute atomic E-state index is 0.999. The number of aryl methyl sites for hydroxylation is 1. The van der Waals surface area contributed by atoms with Crippen molar-refractivity contribution >= 4 is 5.69 Å². The Labute approximate surface area is 144 Å². The van der Waals surface area contributed by atoms with Crippen molar-refractivity contribution < 1.29 is 0 Å². The first-order chi connectivity index (χ1) is 11.9. The van der Waals surface area contributed by atoms with E-state index < -0.39 is 0 Å². The van der Waals surface area contributed by atoms with Crippen LogP contribution in [0.3, 0.4) is 0 Å².